The Balaban J connectivity index is 1.82. The highest BCUT2D eigenvalue weighted by Gasteiger charge is 2.36. The number of nitrogens with one attached hydrogen (secondary N) is 1. The van der Waals surface area contributed by atoms with Crippen molar-refractivity contribution in [2.45, 2.75) is 26.7 Å². The Labute approximate surface area is 177 Å². The molecule has 0 fully saturated rings. The number of benzene rings is 2. The van der Waals surface area contributed by atoms with Gasteiger partial charge in [0.1, 0.15) is 0 Å². The molecule has 2 aromatic rings. The molecule has 5 heteroatoms. The summed E-state index contributed by atoms with van der Waals surface area (Å²) in [6.45, 7) is 5.14. The molecule has 0 aliphatic heterocycles. The van der Waals surface area contributed by atoms with Crippen molar-refractivity contribution in [1.82, 2.24) is 4.90 Å². The molecule has 2 unspecified atom stereocenters. The first-order chi connectivity index (χ1) is 14.6. The lowest BCUT2D eigenvalue weighted by molar-refractivity contribution is -0.140. The second-order valence-corrected chi connectivity index (χ2v) is 7.40. The van der Waals surface area contributed by atoms with Crippen LogP contribution in [0, 0.1) is 11.8 Å². The quantitative estimate of drug-likeness (QED) is 0.552. The van der Waals surface area contributed by atoms with Crippen molar-refractivity contribution < 1.29 is 14.4 Å². The number of carbonyl (C=O) groups excluding carboxylic acids is 3. The lowest BCUT2D eigenvalue weighted by atomic mass is 9.81. The van der Waals surface area contributed by atoms with Gasteiger partial charge in [0.15, 0.2) is 5.78 Å². The Morgan fingerprint density at radius 3 is 2.13 bits per heavy atom. The number of carbonyl (C=O) groups is 3. The summed E-state index contributed by atoms with van der Waals surface area (Å²) in [4.78, 5) is 40.8. The summed E-state index contributed by atoms with van der Waals surface area (Å²) in [6, 6.07) is 16.0. The molecule has 1 aliphatic carbocycles. The van der Waals surface area contributed by atoms with Gasteiger partial charge in [-0.05, 0) is 38.8 Å². The first-order valence-corrected chi connectivity index (χ1v) is 10.5. The number of para-hydroxylation sites is 1. The summed E-state index contributed by atoms with van der Waals surface area (Å²) in [5, 5.41) is 2.93. The molecule has 3 rings (SSSR count). The van der Waals surface area contributed by atoms with E-state index in [0.29, 0.717) is 42.7 Å². The predicted octanol–water partition coefficient (Wildman–Crippen LogP) is 4.31. The highest BCUT2D eigenvalue weighted by molar-refractivity contribution is 6.14. The second-order valence-electron chi connectivity index (χ2n) is 7.40. The summed E-state index contributed by atoms with van der Waals surface area (Å²) >= 11 is 0. The number of rotatable bonds is 7. The Morgan fingerprint density at radius 2 is 1.47 bits per heavy atom. The third kappa shape index (κ3) is 4.67. The molecule has 0 heterocycles. The first-order valence-electron chi connectivity index (χ1n) is 10.5. The van der Waals surface area contributed by atoms with Gasteiger partial charge in [0.25, 0.3) is 0 Å². The van der Waals surface area contributed by atoms with E-state index in [4.69, 9.17) is 0 Å². The molecule has 0 spiro atoms. The monoisotopic (exact) mass is 404 g/mol. The van der Waals surface area contributed by atoms with Gasteiger partial charge in [0.2, 0.25) is 11.8 Å². The molecule has 0 saturated carbocycles. The zero-order chi connectivity index (χ0) is 21.5. The topological polar surface area (TPSA) is 66.5 Å². The highest BCUT2D eigenvalue weighted by Crippen LogP contribution is 2.29. The molecule has 156 valence electrons. The van der Waals surface area contributed by atoms with Gasteiger partial charge in [-0.15, -0.1) is 0 Å². The van der Waals surface area contributed by atoms with Gasteiger partial charge in [-0.25, -0.2) is 0 Å². The summed E-state index contributed by atoms with van der Waals surface area (Å²) in [5.74, 6) is -1.20. The number of ketones is 1. The highest BCUT2D eigenvalue weighted by atomic mass is 16.2. The summed E-state index contributed by atoms with van der Waals surface area (Å²) in [6.07, 6.45) is 5.00. The fourth-order valence-corrected chi connectivity index (χ4v) is 3.91. The maximum absolute atomic E-state index is 13.2. The van der Waals surface area contributed by atoms with Crippen molar-refractivity contribution in [2.75, 3.05) is 18.4 Å². The lowest BCUT2D eigenvalue weighted by Gasteiger charge is -2.31. The summed E-state index contributed by atoms with van der Waals surface area (Å²) in [7, 11) is 0. The van der Waals surface area contributed by atoms with Crippen LogP contribution in [-0.4, -0.2) is 35.6 Å². The average Bonchev–Trinajstić information content (AvgIpc) is 2.80. The van der Waals surface area contributed by atoms with E-state index >= 15 is 0 Å². The largest absolute Gasteiger partial charge is 0.343 e. The van der Waals surface area contributed by atoms with Gasteiger partial charge in [-0.2, -0.15) is 0 Å². The van der Waals surface area contributed by atoms with Gasteiger partial charge >= 0.3 is 0 Å². The number of hydrogen-bond acceptors (Lipinski definition) is 3. The Kier molecular flexibility index (Phi) is 7.17. The van der Waals surface area contributed by atoms with Gasteiger partial charge in [0, 0.05) is 24.2 Å². The van der Waals surface area contributed by atoms with Gasteiger partial charge in [-0.3, -0.25) is 14.4 Å². The maximum Gasteiger partial charge on any atom is 0.228 e. The van der Waals surface area contributed by atoms with Crippen molar-refractivity contribution in [3.05, 3.63) is 77.9 Å². The minimum Gasteiger partial charge on any atom is -0.343 e. The molecule has 2 atom stereocenters. The van der Waals surface area contributed by atoms with Crippen LogP contribution in [0.25, 0.3) is 0 Å². The van der Waals surface area contributed by atoms with E-state index in [-0.39, 0.29) is 23.5 Å². The SMILES string of the molecule is CCN(CC)C(=O)C1CC=CCC1C(=O)Nc1ccccc1C(=O)c1ccccc1. The second kappa shape index (κ2) is 10.0. The standard InChI is InChI=1S/C25H28N2O3/c1-3-27(4-2)25(30)20-15-9-8-14-19(20)24(29)26-22-17-11-10-16-21(22)23(28)18-12-6-5-7-13-18/h5-13,16-17,19-20H,3-4,14-15H2,1-2H3,(H,26,29). The van der Waals surface area contributed by atoms with E-state index in [2.05, 4.69) is 5.32 Å². The fraction of sp³-hybridized carbons (Fsp3) is 0.320. The third-order valence-corrected chi connectivity index (χ3v) is 5.63. The number of hydrogen-bond donors (Lipinski definition) is 1. The van der Waals surface area contributed by atoms with Gasteiger partial charge < -0.3 is 10.2 Å². The van der Waals surface area contributed by atoms with E-state index < -0.39 is 5.92 Å². The van der Waals surface area contributed by atoms with E-state index in [0.717, 1.165) is 0 Å². The minimum absolute atomic E-state index is 0.0122. The van der Waals surface area contributed by atoms with Crippen LogP contribution < -0.4 is 5.32 Å². The van der Waals surface area contributed by atoms with Crippen LogP contribution in [0.15, 0.2) is 66.7 Å². The first kappa shape index (κ1) is 21.5. The Bertz CT molecular complexity index is 932. The molecule has 0 saturated heterocycles. The average molecular weight is 405 g/mol. The molecule has 0 aromatic heterocycles. The van der Waals surface area contributed by atoms with Crippen LogP contribution in [0.1, 0.15) is 42.6 Å². The van der Waals surface area contributed by atoms with Crippen LogP contribution in [0.2, 0.25) is 0 Å². The van der Waals surface area contributed by atoms with E-state index in [1.165, 1.54) is 0 Å². The lowest BCUT2D eigenvalue weighted by Crippen LogP contribution is -2.43. The zero-order valence-corrected chi connectivity index (χ0v) is 17.5. The minimum atomic E-state index is -0.456. The smallest absolute Gasteiger partial charge is 0.228 e. The predicted molar refractivity (Wildman–Crippen MR) is 118 cm³/mol. The molecule has 5 nitrogen and oxygen atoms in total. The van der Waals surface area contributed by atoms with Crippen molar-refractivity contribution in [1.29, 1.82) is 0 Å². The molecular weight excluding hydrogens is 376 g/mol. The van der Waals surface area contributed by atoms with Crippen LogP contribution >= 0.6 is 0 Å². The van der Waals surface area contributed by atoms with Crippen molar-refractivity contribution in [3.8, 4) is 0 Å². The van der Waals surface area contributed by atoms with Crippen LogP contribution in [-0.2, 0) is 9.59 Å². The molecule has 30 heavy (non-hydrogen) atoms. The van der Waals surface area contributed by atoms with Crippen molar-refractivity contribution in [2.24, 2.45) is 11.8 Å². The third-order valence-electron chi connectivity index (χ3n) is 5.63. The van der Waals surface area contributed by atoms with Crippen LogP contribution in [0.4, 0.5) is 5.69 Å². The number of allylic oxidation sites excluding steroid dienone is 2. The van der Waals surface area contributed by atoms with Crippen molar-refractivity contribution >= 4 is 23.3 Å². The van der Waals surface area contributed by atoms with Gasteiger partial charge in [-0.1, -0.05) is 54.6 Å². The molecular formula is C25H28N2O3. The zero-order valence-electron chi connectivity index (χ0n) is 17.5. The molecule has 2 aromatic carbocycles. The van der Waals surface area contributed by atoms with Crippen molar-refractivity contribution in [3.63, 3.8) is 0 Å². The fourth-order valence-electron chi connectivity index (χ4n) is 3.91. The number of amides is 2. The maximum atomic E-state index is 13.2. The summed E-state index contributed by atoms with van der Waals surface area (Å²) in [5.41, 5.74) is 1.48. The molecule has 2 amide bonds. The Hall–Kier alpha value is -3.21. The normalized spacial score (nSPS) is 17.9. The molecule has 1 aliphatic rings. The van der Waals surface area contributed by atoms with Crippen LogP contribution in [0.3, 0.4) is 0 Å². The van der Waals surface area contributed by atoms with Gasteiger partial charge in [0.05, 0.1) is 17.5 Å². The van der Waals surface area contributed by atoms with E-state index in [9.17, 15) is 14.4 Å². The van der Waals surface area contributed by atoms with E-state index in [1.807, 2.05) is 44.2 Å². The van der Waals surface area contributed by atoms with E-state index in [1.54, 1.807) is 41.3 Å². The number of nitrogens with zero attached hydrogens (tertiary/aromatic N) is 1. The number of anilines is 1. The summed E-state index contributed by atoms with van der Waals surface area (Å²) < 4.78 is 0. The molecule has 0 bridgehead atoms. The molecule has 0 radical (unpaired) electrons. The Morgan fingerprint density at radius 1 is 0.867 bits per heavy atom. The molecule has 1 N–H and O–H groups in total. The van der Waals surface area contributed by atoms with Crippen LogP contribution in [0.5, 0.6) is 0 Å².